The van der Waals surface area contributed by atoms with Crippen LogP contribution in [0.15, 0.2) is 0 Å². The quantitative estimate of drug-likeness (QED) is 0.826. The van der Waals surface area contributed by atoms with Crippen molar-refractivity contribution in [1.29, 1.82) is 0 Å². The zero-order valence-corrected chi connectivity index (χ0v) is 13.0. The number of nitrogens with zero attached hydrogens (tertiary/aromatic N) is 1. The van der Waals surface area contributed by atoms with Crippen LogP contribution in [0.3, 0.4) is 0 Å². The highest BCUT2D eigenvalue weighted by molar-refractivity contribution is 4.96. The predicted molar refractivity (Wildman–Crippen MR) is 78.8 cm³/mol. The second-order valence-electron chi connectivity index (χ2n) is 7.51. The first-order valence-electron chi connectivity index (χ1n) is 7.87. The summed E-state index contributed by atoms with van der Waals surface area (Å²) in [5.74, 6) is 0.764. The maximum absolute atomic E-state index is 3.51. The van der Waals surface area contributed by atoms with E-state index in [0.717, 1.165) is 24.0 Å². The lowest BCUT2D eigenvalue weighted by molar-refractivity contribution is -0.0114. The van der Waals surface area contributed by atoms with Crippen LogP contribution in [-0.4, -0.2) is 36.6 Å². The lowest BCUT2D eigenvalue weighted by Crippen LogP contribution is -2.58. The summed E-state index contributed by atoms with van der Waals surface area (Å²) in [5, 5.41) is 3.51. The van der Waals surface area contributed by atoms with Crippen molar-refractivity contribution in [3.63, 3.8) is 0 Å². The predicted octanol–water partition coefficient (Wildman–Crippen LogP) is 3.27. The van der Waals surface area contributed by atoms with Crippen LogP contribution in [0.4, 0.5) is 0 Å². The fourth-order valence-electron chi connectivity index (χ4n) is 3.63. The van der Waals surface area contributed by atoms with E-state index in [-0.39, 0.29) is 0 Å². The molecule has 0 aromatic rings. The van der Waals surface area contributed by atoms with Crippen molar-refractivity contribution in [3.05, 3.63) is 0 Å². The van der Waals surface area contributed by atoms with Gasteiger partial charge in [-0.2, -0.15) is 0 Å². The van der Waals surface area contributed by atoms with Crippen LogP contribution in [0.1, 0.15) is 59.8 Å². The molecule has 0 radical (unpaired) electrons. The third-order valence-electron chi connectivity index (χ3n) is 5.69. The number of rotatable bonds is 4. The van der Waals surface area contributed by atoms with Crippen molar-refractivity contribution in [2.75, 3.05) is 13.6 Å². The van der Waals surface area contributed by atoms with Gasteiger partial charge < -0.3 is 5.32 Å². The molecule has 2 aliphatic rings. The van der Waals surface area contributed by atoms with E-state index in [9.17, 15) is 0 Å². The monoisotopic (exact) mass is 252 g/mol. The van der Waals surface area contributed by atoms with Crippen LogP contribution in [0.5, 0.6) is 0 Å². The van der Waals surface area contributed by atoms with Crippen molar-refractivity contribution in [3.8, 4) is 0 Å². The molecule has 2 fully saturated rings. The summed E-state index contributed by atoms with van der Waals surface area (Å²) < 4.78 is 0. The lowest BCUT2D eigenvalue weighted by Gasteiger charge is -2.52. The highest BCUT2D eigenvalue weighted by Crippen LogP contribution is 2.38. The van der Waals surface area contributed by atoms with Gasteiger partial charge in [-0.1, -0.05) is 34.1 Å². The highest BCUT2D eigenvalue weighted by Gasteiger charge is 2.40. The Kier molecular flexibility index (Phi) is 4.38. The van der Waals surface area contributed by atoms with Crippen LogP contribution in [-0.2, 0) is 0 Å². The first-order chi connectivity index (χ1) is 8.44. The standard InChI is InChI=1S/C16H32N2/c1-12(2)16(3,4)11-18-14-7-6-8-15(18)10-13(9-14)17-5/h12-15,17H,6-11H2,1-5H3. The van der Waals surface area contributed by atoms with Crippen LogP contribution in [0, 0.1) is 11.3 Å². The van der Waals surface area contributed by atoms with E-state index in [2.05, 4.69) is 45.0 Å². The topological polar surface area (TPSA) is 15.3 Å². The molecule has 2 heteroatoms. The van der Waals surface area contributed by atoms with Gasteiger partial charge in [0.15, 0.2) is 0 Å². The molecule has 2 rings (SSSR count). The van der Waals surface area contributed by atoms with Gasteiger partial charge in [-0.05, 0) is 44.1 Å². The second kappa shape index (κ2) is 5.50. The molecule has 0 aliphatic carbocycles. The molecule has 0 saturated carbocycles. The first kappa shape index (κ1) is 14.3. The van der Waals surface area contributed by atoms with Crippen molar-refractivity contribution in [1.82, 2.24) is 10.2 Å². The van der Waals surface area contributed by atoms with Gasteiger partial charge in [-0.3, -0.25) is 4.90 Å². The minimum atomic E-state index is 0.445. The zero-order valence-electron chi connectivity index (χ0n) is 13.0. The summed E-state index contributed by atoms with van der Waals surface area (Å²) in [5.41, 5.74) is 0.445. The van der Waals surface area contributed by atoms with Crippen molar-refractivity contribution in [2.24, 2.45) is 11.3 Å². The fraction of sp³-hybridized carbons (Fsp3) is 1.00. The summed E-state index contributed by atoms with van der Waals surface area (Å²) in [6.45, 7) is 10.9. The maximum atomic E-state index is 3.51. The van der Waals surface area contributed by atoms with Gasteiger partial charge in [-0.25, -0.2) is 0 Å². The molecule has 0 aromatic carbocycles. The molecule has 2 aliphatic heterocycles. The largest absolute Gasteiger partial charge is 0.317 e. The van der Waals surface area contributed by atoms with Crippen LogP contribution >= 0.6 is 0 Å². The van der Waals surface area contributed by atoms with Crippen molar-refractivity contribution in [2.45, 2.75) is 77.9 Å². The van der Waals surface area contributed by atoms with E-state index >= 15 is 0 Å². The van der Waals surface area contributed by atoms with Crippen LogP contribution in [0.25, 0.3) is 0 Å². The van der Waals surface area contributed by atoms with Crippen molar-refractivity contribution >= 4 is 0 Å². The summed E-state index contributed by atoms with van der Waals surface area (Å²) >= 11 is 0. The minimum absolute atomic E-state index is 0.445. The highest BCUT2D eigenvalue weighted by atomic mass is 15.2. The first-order valence-corrected chi connectivity index (χ1v) is 7.87. The summed E-state index contributed by atoms with van der Waals surface area (Å²) in [6, 6.07) is 2.44. The average Bonchev–Trinajstić information content (AvgIpc) is 2.27. The molecule has 2 heterocycles. The molecule has 1 N–H and O–H groups in total. The van der Waals surface area contributed by atoms with Crippen LogP contribution in [0.2, 0.25) is 0 Å². The average molecular weight is 252 g/mol. The van der Waals surface area contributed by atoms with E-state index < -0.39 is 0 Å². The Morgan fingerprint density at radius 1 is 1.17 bits per heavy atom. The summed E-state index contributed by atoms with van der Waals surface area (Å²) in [7, 11) is 2.13. The van der Waals surface area contributed by atoms with E-state index in [1.807, 2.05) is 0 Å². The Bertz CT molecular complexity index is 258. The Labute approximate surface area is 114 Å². The van der Waals surface area contributed by atoms with E-state index in [4.69, 9.17) is 0 Å². The second-order valence-corrected chi connectivity index (χ2v) is 7.51. The van der Waals surface area contributed by atoms with Gasteiger partial charge in [-0.15, -0.1) is 0 Å². The third-order valence-corrected chi connectivity index (χ3v) is 5.69. The Morgan fingerprint density at radius 3 is 2.17 bits per heavy atom. The molecule has 0 aromatic heterocycles. The minimum Gasteiger partial charge on any atom is -0.317 e. The molecule has 0 amide bonds. The van der Waals surface area contributed by atoms with E-state index in [1.54, 1.807) is 0 Å². The van der Waals surface area contributed by atoms with Crippen LogP contribution < -0.4 is 5.32 Å². The molecule has 18 heavy (non-hydrogen) atoms. The third kappa shape index (κ3) is 2.91. The number of hydrogen-bond acceptors (Lipinski definition) is 2. The van der Waals surface area contributed by atoms with Gasteiger partial charge in [0.2, 0.25) is 0 Å². The molecule has 2 bridgehead atoms. The Balaban J connectivity index is 2.04. The fourth-order valence-corrected chi connectivity index (χ4v) is 3.63. The number of hydrogen-bond donors (Lipinski definition) is 1. The smallest absolute Gasteiger partial charge is 0.0113 e. The van der Waals surface area contributed by atoms with Gasteiger partial charge in [0, 0.05) is 24.7 Å². The van der Waals surface area contributed by atoms with Gasteiger partial charge in [0.05, 0.1) is 0 Å². The lowest BCUT2D eigenvalue weighted by atomic mass is 9.76. The SMILES string of the molecule is CNC1CC2CCCC(C1)N2CC(C)(C)C(C)C. The molecular formula is C16H32N2. The zero-order chi connectivity index (χ0) is 13.3. The normalized spacial score (nSPS) is 34.0. The Morgan fingerprint density at radius 2 is 1.72 bits per heavy atom. The van der Waals surface area contributed by atoms with E-state index in [1.165, 1.54) is 38.6 Å². The molecule has 2 saturated heterocycles. The maximum Gasteiger partial charge on any atom is 0.0113 e. The molecule has 0 spiro atoms. The molecular weight excluding hydrogens is 220 g/mol. The molecule has 2 nitrogen and oxygen atoms in total. The van der Waals surface area contributed by atoms with Gasteiger partial charge in [0.25, 0.3) is 0 Å². The van der Waals surface area contributed by atoms with Gasteiger partial charge in [0.1, 0.15) is 0 Å². The molecule has 106 valence electrons. The summed E-state index contributed by atoms with van der Waals surface area (Å²) in [4.78, 5) is 2.86. The Hall–Kier alpha value is -0.0800. The van der Waals surface area contributed by atoms with Gasteiger partial charge >= 0.3 is 0 Å². The van der Waals surface area contributed by atoms with E-state index in [0.29, 0.717) is 5.41 Å². The number of fused-ring (bicyclic) bond motifs is 2. The molecule has 2 atom stereocenters. The summed E-state index contributed by atoms with van der Waals surface area (Å²) in [6.07, 6.45) is 7.01. The van der Waals surface area contributed by atoms with Crippen molar-refractivity contribution < 1.29 is 0 Å². The molecule has 2 unspecified atom stereocenters. The number of nitrogens with one attached hydrogen (secondary N) is 1. The number of piperidine rings is 2.